The van der Waals surface area contributed by atoms with Gasteiger partial charge in [-0.3, -0.25) is 0 Å². The summed E-state index contributed by atoms with van der Waals surface area (Å²) in [6, 6.07) is 3.25. The van der Waals surface area contributed by atoms with Crippen molar-refractivity contribution in [2.24, 2.45) is 0 Å². The standard InChI is InChI=1S/C15H19NO4/c1-5-19-15(18)14-9(2)13-10(8-16(3)4)11(17)6-7-12(13)20-14/h6-7,17H,5,8H2,1-4H3. The van der Waals surface area contributed by atoms with Crippen LogP contribution in [-0.2, 0) is 11.3 Å². The molecule has 0 unspecified atom stereocenters. The highest BCUT2D eigenvalue weighted by Crippen LogP contribution is 2.34. The Morgan fingerprint density at radius 3 is 2.70 bits per heavy atom. The molecule has 2 aromatic rings. The van der Waals surface area contributed by atoms with Crippen molar-refractivity contribution in [3.8, 4) is 5.75 Å². The first-order chi connectivity index (χ1) is 9.45. The van der Waals surface area contributed by atoms with Crippen LogP contribution in [0.5, 0.6) is 5.75 Å². The van der Waals surface area contributed by atoms with Gasteiger partial charge in [-0.15, -0.1) is 0 Å². The second-order valence-electron chi connectivity index (χ2n) is 4.95. The lowest BCUT2D eigenvalue weighted by Gasteiger charge is -2.12. The second kappa shape index (κ2) is 5.54. The summed E-state index contributed by atoms with van der Waals surface area (Å²) >= 11 is 0. The summed E-state index contributed by atoms with van der Waals surface area (Å²) in [7, 11) is 3.83. The number of phenolic OH excluding ortho intramolecular Hbond substituents is 1. The van der Waals surface area contributed by atoms with E-state index in [0.717, 1.165) is 10.9 Å². The molecule has 0 saturated carbocycles. The molecule has 5 nitrogen and oxygen atoms in total. The van der Waals surface area contributed by atoms with Crippen LogP contribution in [0.25, 0.3) is 11.0 Å². The van der Waals surface area contributed by atoms with Crippen LogP contribution in [0.2, 0.25) is 0 Å². The summed E-state index contributed by atoms with van der Waals surface area (Å²) in [5.74, 6) is -0.0746. The van der Waals surface area contributed by atoms with Crippen molar-refractivity contribution in [1.82, 2.24) is 4.90 Å². The van der Waals surface area contributed by atoms with Crippen LogP contribution in [0.4, 0.5) is 0 Å². The largest absolute Gasteiger partial charge is 0.508 e. The Balaban J connectivity index is 2.62. The van der Waals surface area contributed by atoms with Gasteiger partial charge in [0.05, 0.1) is 6.61 Å². The third-order valence-corrected chi connectivity index (χ3v) is 3.11. The Hall–Kier alpha value is -2.01. The lowest BCUT2D eigenvalue weighted by atomic mass is 10.0. The number of furan rings is 1. The van der Waals surface area contributed by atoms with Gasteiger partial charge in [0.1, 0.15) is 11.3 Å². The van der Waals surface area contributed by atoms with Crippen molar-refractivity contribution in [2.75, 3.05) is 20.7 Å². The molecule has 1 heterocycles. The fraction of sp³-hybridized carbons (Fsp3) is 0.400. The van der Waals surface area contributed by atoms with E-state index in [1.54, 1.807) is 26.0 Å². The van der Waals surface area contributed by atoms with Crippen molar-refractivity contribution in [1.29, 1.82) is 0 Å². The van der Waals surface area contributed by atoms with Gasteiger partial charge < -0.3 is 19.2 Å². The molecule has 0 bridgehead atoms. The summed E-state index contributed by atoms with van der Waals surface area (Å²) in [4.78, 5) is 13.8. The molecule has 0 aliphatic carbocycles. The topological polar surface area (TPSA) is 62.9 Å². The number of aryl methyl sites for hydroxylation is 1. The summed E-state index contributed by atoms with van der Waals surface area (Å²) in [6.45, 7) is 4.41. The van der Waals surface area contributed by atoms with Gasteiger partial charge in [0.2, 0.25) is 5.76 Å². The van der Waals surface area contributed by atoms with Crippen molar-refractivity contribution in [2.45, 2.75) is 20.4 Å². The van der Waals surface area contributed by atoms with Gasteiger partial charge in [-0.1, -0.05) is 0 Å². The quantitative estimate of drug-likeness (QED) is 0.870. The summed E-state index contributed by atoms with van der Waals surface area (Å²) in [6.07, 6.45) is 0. The Bertz CT molecular complexity index is 643. The highest BCUT2D eigenvalue weighted by atomic mass is 16.5. The van der Waals surface area contributed by atoms with Crippen LogP contribution in [0.1, 0.15) is 28.6 Å². The SMILES string of the molecule is CCOC(=O)c1oc2ccc(O)c(CN(C)C)c2c1C. The zero-order chi connectivity index (χ0) is 14.9. The number of hydrogen-bond donors (Lipinski definition) is 1. The number of hydrogen-bond acceptors (Lipinski definition) is 5. The highest BCUT2D eigenvalue weighted by molar-refractivity contribution is 5.97. The molecular formula is C15H19NO4. The van der Waals surface area contributed by atoms with E-state index in [1.165, 1.54) is 0 Å². The maximum Gasteiger partial charge on any atom is 0.374 e. The normalized spacial score (nSPS) is 11.2. The molecule has 0 atom stereocenters. The molecule has 0 saturated heterocycles. The van der Waals surface area contributed by atoms with Crippen molar-refractivity contribution >= 4 is 16.9 Å². The van der Waals surface area contributed by atoms with E-state index in [1.807, 2.05) is 19.0 Å². The first kappa shape index (κ1) is 14.4. The third-order valence-electron chi connectivity index (χ3n) is 3.11. The predicted molar refractivity (Wildman–Crippen MR) is 76.0 cm³/mol. The fourth-order valence-corrected chi connectivity index (χ4v) is 2.28. The molecular weight excluding hydrogens is 258 g/mol. The van der Waals surface area contributed by atoms with Gasteiger partial charge in [-0.2, -0.15) is 0 Å². The molecule has 0 aliphatic rings. The monoisotopic (exact) mass is 277 g/mol. The molecule has 0 amide bonds. The molecule has 0 radical (unpaired) electrons. The van der Waals surface area contributed by atoms with Crippen LogP contribution in [0.3, 0.4) is 0 Å². The molecule has 20 heavy (non-hydrogen) atoms. The zero-order valence-electron chi connectivity index (χ0n) is 12.2. The number of aromatic hydroxyl groups is 1. The third kappa shape index (κ3) is 2.49. The Kier molecular flexibility index (Phi) is 3.99. The number of ether oxygens (including phenoxy) is 1. The predicted octanol–water partition coefficient (Wildman–Crippen LogP) is 2.69. The maximum absolute atomic E-state index is 11.9. The minimum atomic E-state index is -0.475. The lowest BCUT2D eigenvalue weighted by Crippen LogP contribution is -2.11. The first-order valence-corrected chi connectivity index (χ1v) is 6.51. The van der Waals surface area contributed by atoms with E-state index < -0.39 is 5.97 Å². The maximum atomic E-state index is 11.9. The van der Waals surface area contributed by atoms with Gasteiger partial charge in [0, 0.05) is 23.1 Å². The number of phenols is 1. The molecule has 2 rings (SSSR count). The van der Waals surface area contributed by atoms with Gasteiger partial charge in [0.25, 0.3) is 0 Å². The van der Waals surface area contributed by atoms with E-state index in [4.69, 9.17) is 9.15 Å². The molecule has 1 aromatic carbocycles. The second-order valence-corrected chi connectivity index (χ2v) is 4.95. The van der Waals surface area contributed by atoms with Crippen LogP contribution in [0, 0.1) is 6.92 Å². The van der Waals surface area contributed by atoms with E-state index in [9.17, 15) is 9.90 Å². The Labute approximate surface area is 117 Å². The lowest BCUT2D eigenvalue weighted by molar-refractivity contribution is 0.0491. The number of nitrogens with zero attached hydrogens (tertiary/aromatic N) is 1. The summed E-state index contributed by atoms with van der Waals surface area (Å²) < 4.78 is 10.6. The minimum Gasteiger partial charge on any atom is -0.508 e. The molecule has 0 spiro atoms. The number of esters is 1. The summed E-state index contributed by atoms with van der Waals surface area (Å²) in [5.41, 5.74) is 2.04. The number of benzene rings is 1. The number of carbonyl (C=O) groups excluding carboxylic acids is 1. The summed E-state index contributed by atoms with van der Waals surface area (Å²) in [5, 5.41) is 10.8. The highest BCUT2D eigenvalue weighted by Gasteiger charge is 2.22. The molecule has 108 valence electrons. The van der Waals surface area contributed by atoms with Crippen LogP contribution >= 0.6 is 0 Å². The van der Waals surface area contributed by atoms with E-state index in [-0.39, 0.29) is 11.5 Å². The average molecular weight is 277 g/mol. The fourth-order valence-electron chi connectivity index (χ4n) is 2.28. The van der Waals surface area contributed by atoms with Crippen LogP contribution < -0.4 is 0 Å². The zero-order valence-corrected chi connectivity index (χ0v) is 12.2. The molecule has 5 heteroatoms. The number of carbonyl (C=O) groups is 1. The molecule has 0 fully saturated rings. The van der Waals surface area contributed by atoms with Crippen LogP contribution in [0.15, 0.2) is 16.5 Å². The average Bonchev–Trinajstić information content (AvgIpc) is 2.71. The van der Waals surface area contributed by atoms with E-state index in [2.05, 4.69) is 0 Å². The van der Waals surface area contributed by atoms with E-state index >= 15 is 0 Å². The van der Waals surface area contributed by atoms with Crippen molar-refractivity contribution in [3.63, 3.8) is 0 Å². The van der Waals surface area contributed by atoms with Gasteiger partial charge in [0.15, 0.2) is 0 Å². The van der Waals surface area contributed by atoms with Crippen molar-refractivity contribution in [3.05, 3.63) is 29.0 Å². The number of rotatable bonds is 4. The minimum absolute atomic E-state index is 0.200. The van der Waals surface area contributed by atoms with E-state index in [0.29, 0.717) is 24.3 Å². The Morgan fingerprint density at radius 2 is 2.10 bits per heavy atom. The van der Waals surface area contributed by atoms with Gasteiger partial charge >= 0.3 is 5.97 Å². The Morgan fingerprint density at radius 1 is 1.40 bits per heavy atom. The smallest absolute Gasteiger partial charge is 0.374 e. The number of fused-ring (bicyclic) bond motifs is 1. The van der Waals surface area contributed by atoms with Gasteiger partial charge in [-0.25, -0.2) is 4.79 Å². The van der Waals surface area contributed by atoms with Crippen LogP contribution in [-0.4, -0.2) is 36.7 Å². The first-order valence-electron chi connectivity index (χ1n) is 6.51. The molecule has 1 aromatic heterocycles. The van der Waals surface area contributed by atoms with Crippen molar-refractivity contribution < 1.29 is 19.1 Å². The molecule has 1 N–H and O–H groups in total. The molecule has 0 aliphatic heterocycles. The van der Waals surface area contributed by atoms with Gasteiger partial charge in [-0.05, 0) is 40.1 Å².